The molecule has 0 fully saturated rings. The zero-order valence-electron chi connectivity index (χ0n) is 16.9. The maximum atomic E-state index is 12.7. The van der Waals surface area contributed by atoms with E-state index in [0.717, 1.165) is 32.4 Å². The van der Waals surface area contributed by atoms with Gasteiger partial charge in [-0.15, -0.1) is 0 Å². The van der Waals surface area contributed by atoms with Gasteiger partial charge in [-0.25, -0.2) is 9.78 Å². The second kappa shape index (κ2) is 9.02. The Kier molecular flexibility index (Phi) is 7.01. The first kappa shape index (κ1) is 20.2. The number of rotatable bonds is 7. The van der Waals surface area contributed by atoms with Crippen LogP contribution in [0.5, 0.6) is 0 Å². The van der Waals surface area contributed by atoms with Gasteiger partial charge in [-0.3, -0.25) is 4.57 Å². The lowest BCUT2D eigenvalue weighted by Crippen LogP contribution is -2.38. The van der Waals surface area contributed by atoms with Crippen molar-refractivity contribution in [3.8, 4) is 0 Å². The number of hydrogen-bond acceptors (Lipinski definition) is 2. The molecule has 1 atom stereocenters. The molecule has 1 aromatic carbocycles. The van der Waals surface area contributed by atoms with Gasteiger partial charge in [-0.2, -0.15) is 0 Å². The summed E-state index contributed by atoms with van der Waals surface area (Å²) in [7, 11) is 0. The first-order chi connectivity index (χ1) is 12.3. The molecule has 0 N–H and O–H groups in total. The third-order valence-corrected chi connectivity index (χ3v) is 4.71. The number of hydrogen-bond donors (Lipinski definition) is 0. The van der Waals surface area contributed by atoms with E-state index in [1.807, 2.05) is 4.90 Å². The normalized spacial score (nSPS) is 12.8. The van der Waals surface area contributed by atoms with Crippen molar-refractivity contribution in [3.05, 3.63) is 54.1 Å². The molecular weight excluding hydrogens is 322 g/mol. The van der Waals surface area contributed by atoms with E-state index in [4.69, 9.17) is 0 Å². The molecule has 0 saturated carbocycles. The summed E-state index contributed by atoms with van der Waals surface area (Å²) >= 11 is 0. The summed E-state index contributed by atoms with van der Waals surface area (Å²) in [5.74, 6) is 0.403. The van der Waals surface area contributed by atoms with Gasteiger partial charge in [0.2, 0.25) is 0 Å². The van der Waals surface area contributed by atoms with Crippen LogP contribution >= 0.6 is 0 Å². The molecule has 0 aliphatic carbocycles. The lowest BCUT2D eigenvalue weighted by atomic mass is 9.86. The molecule has 1 unspecified atom stereocenters. The van der Waals surface area contributed by atoms with Crippen LogP contribution < -0.4 is 0 Å². The molecule has 0 aliphatic rings. The van der Waals surface area contributed by atoms with E-state index in [9.17, 15) is 4.79 Å². The molecular formula is C22H33N3O. The molecule has 0 bridgehead atoms. The van der Waals surface area contributed by atoms with E-state index in [1.165, 1.54) is 11.1 Å². The van der Waals surface area contributed by atoms with Crippen LogP contribution in [0.25, 0.3) is 0 Å². The van der Waals surface area contributed by atoms with Gasteiger partial charge in [0.15, 0.2) is 0 Å². The fraction of sp³-hybridized carbons (Fsp3) is 0.545. The first-order valence-electron chi connectivity index (χ1n) is 9.68. The summed E-state index contributed by atoms with van der Waals surface area (Å²) in [5, 5.41) is 0. The number of carbonyl (C=O) groups is 1. The Labute approximate surface area is 158 Å². The van der Waals surface area contributed by atoms with Crippen molar-refractivity contribution in [3.63, 3.8) is 0 Å². The SMILES string of the molecule is CCCCN(CC(C)Cc1ccc(C(C)(C)C)cc1)C(=O)n1ccnc1. The lowest BCUT2D eigenvalue weighted by Gasteiger charge is -2.26. The average Bonchev–Trinajstić information content (AvgIpc) is 3.12. The van der Waals surface area contributed by atoms with Crippen LogP contribution in [0.3, 0.4) is 0 Å². The van der Waals surface area contributed by atoms with Crippen LogP contribution in [0.2, 0.25) is 0 Å². The summed E-state index contributed by atoms with van der Waals surface area (Å²) in [6.07, 6.45) is 8.03. The van der Waals surface area contributed by atoms with Gasteiger partial charge in [0.25, 0.3) is 0 Å². The average molecular weight is 356 g/mol. The van der Waals surface area contributed by atoms with Crippen LogP contribution in [0.15, 0.2) is 43.0 Å². The van der Waals surface area contributed by atoms with E-state index in [1.54, 1.807) is 23.3 Å². The third-order valence-electron chi connectivity index (χ3n) is 4.71. The minimum Gasteiger partial charge on any atom is -0.324 e. The molecule has 1 aromatic heterocycles. The maximum absolute atomic E-state index is 12.7. The number of benzene rings is 1. The van der Waals surface area contributed by atoms with Crippen LogP contribution in [0.4, 0.5) is 4.79 Å². The molecule has 0 spiro atoms. The van der Waals surface area contributed by atoms with Gasteiger partial charge in [0.1, 0.15) is 6.33 Å². The number of aromatic nitrogens is 2. The summed E-state index contributed by atoms with van der Waals surface area (Å²) in [5.41, 5.74) is 2.86. The van der Waals surface area contributed by atoms with E-state index in [2.05, 4.69) is 63.9 Å². The van der Waals surface area contributed by atoms with Crippen molar-refractivity contribution in [1.82, 2.24) is 14.5 Å². The molecule has 1 heterocycles. The van der Waals surface area contributed by atoms with Gasteiger partial charge in [-0.1, -0.05) is 65.3 Å². The molecule has 1 amide bonds. The predicted molar refractivity (Wildman–Crippen MR) is 108 cm³/mol. The van der Waals surface area contributed by atoms with Crippen molar-refractivity contribution < 1.29 is 4.79 Å². The first-order valence-corrected chi connectivity index (χ1v) is 9.68. The maximum Gasteiger partial charge on any atom is 0.329 e. The summed E-state index contributed by atoms with van der Waals surface area (Å²) in [6.45, 7) is 12.6. The van der Waals surface area contributed by atoms with Crippen molar-refractivity contribution in [2.45, 2.75) is 59.3 Å². The van der Waals surface area contributed by atoms with Gasteiger partial charge in [0.05, 0.1) is 0 Å². The highest BCUT2D eigenvalue weighted by Gasteiger charge is 2.18. The lowest BCUT2D eigenvalue weighted by molar-refractivity contribution is 0.189. The minimum absolute atomic E-state index is 0.0193. The fourth-order valence-corrected chi connectivity index (χ4v) is 3.13. The summed E-state index contributed by atoms with van der Waals surface area (Å²) < 4.78 is 1.57. The standard InChI is InChI=1S/C22H33N3O/c1-6-7-13-24(21(26)25-14-12-23-17-25)16-18(2)15-19-8-10-20(11-9-19)22(3,4)5/h8-12,14,17-18H,6-7,13,15-16H2,1-5H3. The molecule has 4 nitrogen and oxygen atoms in total. The van der Waals surface area contributed by atoms with E-state index in [0.29, 0.717) is 5.92 Å². The predicted octanol–water partition coefficient (Wildman–Crippen LogP) is 5.13. The zero-order chi connectivity index (χ0) is 19.2. The third kappa shape index (κ3) is 5.72. The fourth-order valence-electron chi connectivity index (χ4n) is 3.13. The minimum atomic E-state index is 0.0193. The Morgan fingerprint density at radius 3 is 2.46 bits per heavy atom. The molecule has 0 saturated heterocycles. The molecule has 4 heteroatoms. The highest BCUT2D eigenvalue weighted by Crippen LogP contribution is 2.23. The smallest absolute Gasteiger partial charge is 0.324 e. The second-order valence-corrected chi connectivity index (χ2v) is 8.31. The Morgan fingerprint density at radius 1 is 1.23 bits per heavy atom. The van der Waals surface area contributed by atoms with Gasteiger partial charge >= 0.3 is 6.03 Å². The number of unbranched alkanes of at least 4 members (excludes halogenated alkanes) is 1. The van der Waals surface area contributed by atoms with Gasteiger partial charge in [-0.05, 0) is 35.3 Å². The van der Waals surface area contributed by atoms with Gasteiger partial charge < -0.3 is 4.90 Å². The highest BCUT2D eigenvalue weighted by molar-refractivity contribution is 5.76. The van der Waals surface area contributed by atoms with E-state index < -0.39 is 0 Å². The molecule has 2 aromatic rings. The van der Waals surface area contributed by atoms with Gasteiger partial charge in [0, 0.05) is 25.5 Å². The molecule has 0 aliphatic heterocycles. The molecule has 142 valence electrons. The van der Waals surface area contributed by atoms with Crippen LogP contribution in [0.1, 0.15) is 58.6 Å². The van der Waals surface area contributed by atoms with Crippen LogP contribution in [-0.2, 0) is 11.8 Å². The van der Waals surface area contributed by atoms with Crippen LogP contribution in [0, 0.1) is 5.92 Å². The van der Waals surface area contributed by atoms with Crippen molar-refractivity contribution in [1.29, 1.82) is 0 Å². The van der Waals surface area contributed by atoms with E-state index in [-0.39, 0.29) is 11.4 Å². The Hall–Kier alpha value is -2.10. The van der Waals surface area contributed by atoms with Crippen molar-refractivity contribution >= 4 is 6.03 Å². The van der Waals surface area contributed by atoms with Crippen molar-refractivity contribution in [2.24, 2.45) is 5.92 Å². The second-order valence-electron chi connectivity index (χ2n) is 8.31. The summed E-state index contributed by atoms with van der Waals surface area (Å²) in [4.78, 5) is 18.7. The molecule has 0 radical (unpaired) electrons. The topological polar surface area (TPSA) is 38.1 Å². The Balaban J connectivity index is 2.00. The quantitative estimate of drug-likeness (QED) is 0.690. The van der Waals surface area contributed by atoms with Crippen LogP contribution in [-0.4, -0.2) is 33.6 Å². The zero-order valence-corrected chi connectivity index (χ0v) is 16.9. The summed E-state index contributed by atoms with van der Waals surface area (Å²) in [6, 6.07) is 8.93. The largest absolute Gasteiger partial charge is 0.329 e. The number of carbonyl (C=O) groups excluding carboxylic acids is 1. The molecule has 2 rings (SSSR count). The Bertz CT molecular complexity index is 668. The number of amides is 1. The molecule has 26 heavy (non-hydrogen) atoms. The number of imidazole rings is 1. The number of nitrogens with zero attached hydrogens (tertiary/aromatic N) is 3. The van der Waals surface area contributed by atoms with E-state index >= 15 is 0 Å². The monoisotopic (exact) mass is 355 g/mol. The highest BCUT2D eigenvalue weighted by atomic mass is 16.2. The van der Waals surface area contributed by atoms with Crippen molar-refractivity contribution in [2.75, 3.05) is 13.1 Å². The Morgan fingerprint density at radius 2 is 1.92 bits per heavy atom.